The van der Waals surface area contributed by atoms with Gasteiger partial charge in [-0.05, 0) is 18.2 Å². The van der Waals surface area contributed by atoms with E-state index in [2.05, 4.69) is 21.2 Å². The standard InChI is InChI=1S/C12H16BrFN2O3/c1-16(6-9(17)7-19-2)12(18)15-11-5-8(13)3-4-10(11)14/h3-5,9,17H,6-7H2,1-2H3,(H,15,18). The third-order valence-electron chi connectivity index (χ3n) is 2.36. The van der Waals surface area contributed by atoms with Crippen molar-refractivity contribution in [3.8, 4) is 0 Å². The van der Waals surface area contributed by atoms with E-state index < -0.39 is 18.0 Å². The molecule has 1 aromatic carbocycles. The Hall–Kier alpha value is -1.18. The van der Waals surface area contributed by atoms with Crippen LogP contribution in [0.15, 0.2) is 22.7 Å². The van der Waals surface area contributed by atoms with Crippen LogP contribution in [0.25, 0.3) is 0 Å². The van der Waals surface area contributed by atoms with Gasteiger partial charge in [0, 0.05) is 18.6 Å². The Morgan fingerprint density at radius 3 is 2.95 bits per heavy atom. The van der Waals surface area contributed by atoms with Crippen LogP contribution in [0.4, 0.5) is 14.9 Å². The summed E-state index contributed by atoms with van der Waals surface area (Å²) >= 11 is 3.20. The van der Waals surface area contributed by atoms with E-state index >= 15 is 0 Å². The summed E-state index contributed by atoms with van der Waals surface area (Å²) in [5, 5.41) is 11.9. The van der Waals surface area contributed by atoms with Crippen molar-refractivity contribution in [2.45, 2.75) is 6.10 Å². The number of benzene rings is 1. The van der Waals surface area contributed by atoms with E-state index in [-0.39, 0.29) is 18.8 Å². The van der Waals surface area contributed by atoms with Crippen molar-refractivity contribution in [2.24, 2.45) is 0 Å². The Labute approximate surface area is 119 Å². The third-order valence-corrected chi connectivity index (χ3v) is 2.85. The van der Waals surface area contributed by atoms with Gasteiger partial charge in [0.2, 0.25) is 0 Å². The van der Waals surface area contributed by atoms with E-state index in [0.717, 1.165) is 0 Å². The number of hydrogen-bond donors (Lipinski definition) is 2. The molecule has 0 heterocycles. The Morgan fingerprint density at radius 2 is 2.32 bits per heavy atom. The van der Waals surface area contributed by atoms with Gasteiger partial charge in [-0.1, -0.05) is 15.9 Å². The zero-order valence-corrected chi connectivity index (χ0v) is 12.3. The lowest BCUT2D eigenvalue weighted by atomic mass is 10.3. The van der Waals surface area contributed by atoms with Gasteiger partial charge in [0.05, 0.1) is 24.9 Å². The number of urea groups is 1. The maximum absolute atomic E-state index is 13.5. The summed E-state index contributed by atoms with van der Waals surface area (Å²) in [5.41, 5.74) is 0.0763. The molecule has 7 heteroatoms. The molecule has 1 atom stereocenters. The Morgan fingerprint density at radius 1 is 1.63 bits per heavy atom. The van der Waals surface area contributed by atoms with Crippen LogP contribution in [0.5, 0.6) is 0 Å². The topological polar surface area (TPSA) is 61.8 Å². The quantitative estimate of drug-likeness (QED) is 0.866. The minimum atomic E-state index is -0.784. The molecule has 1 unspecified atom stereocenters. The van der Waals surface area contributed by atoms with Crippen molar-refractivity contribution in [3.05, 3.63) is 28.5 Å². The van der Waals surface area contributed by atoms with E-state index in [1.807, 2.05) is 0 Å². The molecule has 0 aromatic heterocycles. The first-order valence-electron chi connectivity index (χ1n) is 5.58. The molecule has 1 aromatic rings. The van der Waals surface area contributed by atoms with Crippen LogP contribution in [0, 0.1) is 5.82 Å². The van der Waals surface area contributed by atoms with Crippen molar-refractivity contribution < 1.29 is 19.0 Å². The minimum absolute atomic E-state index is 0.0763. The molecule has 0 spiro atoms. The smallest absolute Gasteiger partial charge is 0.321 e. The number of likely N-dealkylation sites (N-methyl/N-ethyl adjacent to an activating group) is 1. The number of aliphatic hydroxyl groups is 1. The summed E-state index contributed by atoms with van der Waals surface area (Å²) in [4.78, 5) is 13.1. The number of rotatable bonds is 5. The van der Waals surface area contributed by atoms with Crippen molar-refractivity contribution in [3.63, 3.8) is 0 Å². The molecule has 0 bridgehead atoms. The first-order chi connectivity index (χ1) is 8.93. The number of methoxy groups -OCH3 is 1. The third kappa shape index (κ3) is 5.14. The molecule has 2 N–H and O–H groups in total. The minimum Gasteiger partial charge on any atom is -0.389 e. The van der Waals surface area contributed by atoms with E-state index in [1.54, 1.807) is 0 Å². The number of anilines is 1. The summed E-state index contributed by atoms with van der Waals surface area (Å²) in [6.07, 6.45) is -0.784. The van der Waals surface area contributed by atoms with Crippen LogP contribution in [0.2, 0.25) is 0 Å². The summed E-state index contributed by atoms with van der Waals surface area (Å²) in [6, 6.07) is 3.75. The van der Waals surface area contributed by atoms with E-state index in [9.17, 15) is 14.3 Å². The summed E-state index contributed by atoms with van der Waals surface area (Å²) in [7, 11) is 2.96. The van der Waals surface area contributed by atoms with E-state index in [1.165, 1.54) is 37.3 Å². The average molecular weight is 335 g/mol. The predicted molar refractivity (Wildman–Crippen MR) is 73.6 cm³/mol. The van der Waals surface area contributed by atoms with Crippen LogP contribution >= 0.6 is 15.9 Å². The van der Waals surface area contributed by atoms with Crippen molar-refractivity contribution in [1.82, 2.24) is 4.90 Å². The maximum atomic E-state index is 13.5. The maximum Gasteiger partial charge on any atom is 0.321 e. The Kier molecular flexibility index (Phi) is 6.20. The van der Waals surface area contributed by atoms with Crippen LogP contribution < -0.4 is 5.32 Å². The van der Waals surface area contributed by atoms with Crippen LogP contribution in [0.1, 0.15) is 0 Å². The highest BCUT2D eigenvalue weighted by Crippen LogP contribution is 2.20. The second kappa shape index (κ2) is 7.42. The number of halogens is 2. The first-order valence-corrected chi connectivity index (χ1v) is 6.37. The van der Waals surface area contributed by atoms with Crippen molar-refractivity contribution in [1.29, 1.82) is 0 Å². The summed E-state index contributed by atoms with van der Waals surface area (Å²) in [5.74, 6) is -0.526. The van der Waals surface area contributed by atoms with Gasteiger partial charge in [-0.3, -0.25) is 0 Å². The molecule has 0 aliphatic heterocycles. The van der Waals surface area contributed by atoms with Crippen LogP contribution in [-0.4, -0.2) is 49.5 Å². The molecule has 0 aliphatic carbocycles. The SMILES string of the molecule is COCC(O)CN(C)C(=O)Nc1cc(Br)ccc1F. The number of carbonyl (C=O) groups is 1. The van der Waals surface area contributed by atoms with E-state index in [4.69, 9.17) is 4.74 Å². The van der Waals surface area contributed by atoms with Crippen LogP contribution in [0.3, 0.4) is 0 Å². The van der Waals surface area contributed by atoms with Gasteiger partial charge in [-0.15, -0.1) is 0 Å². The van der Waals surface area contributed by atoms with Crippen molar-refractivity contribution >= 4 is 27.6 Å². The summed E-state index contributed by atoms with van der Waals surface area (Å²) in [6.45, 7) is 0.220. The highest BCUT2D eigenvalue weighted by atomic mass is 79.9. The number of nitrogens with zero attached hydrogens (tertiary/aromatic N) is 1. The molecular weight excluding hydrogens is 319 g/mol. The monoisotopic (exact) mass is 334 g/mol. The lowest BCUT2D eigenvalue weighted by Crippen LogP contribution is -2.38. The molecule has 1 rings (SSSR count). The lowest BCUT2D eigenvalue weighted by Gasteiger charge is -2.21. The number of nitrogens with one attached hydrogen (secondary N) is 1. The lowest BCUT2D eigenvalue weighted by molar-refractivity contribution is 0.0501. The fraction of sp³-hybridized carbons (Fsp3) is 0.417. The molecular formula is C12H16BrFN2O3. The highest BCUT2D eigenvalue weighted by Gasteiger charge is 2.15. The second-order valence-electron chi connectivity index (χ2n) is 4.04. The van der Waals surface area contributed by atoms with Gasteiger partial charge >= 0.3 is 6.03 Å². The molecule has 0 fully saturated rings. The number of hydrogen-bond acceptors (Lipinski definition) is 3. The van der Waals surface area contributed by atoms with Gasteiger partial charge < -0.3 is 20.1 Å². The molecule has 19 heavy (non-hydrogen) atoms. The Bertz CT molecular complexity index is 445. The molecule has 0 radical (unpaired) electrons. The van der Waals surface area contributed by atoms with E-state index in [0.29, 0.717) is 4.47 Å². The number of amides is 2. The van der Waals surface area contributed by atoms with Gasteiger partial charge in [0.25, 0.3) is 0 Å². The second-order valence-corrected chi connectivity index (χ2v) is 4.96. The average Bonchev–Trinajstić information content (AvgIpc) is 2.34. The molecule has 0 saturated carbocycles. The number of ether oxygens (including phenoxy) is 1. The fourth-order valence-corrected chi connectivity index (χ4v) is 1.81. The van der Waals surface area contributed by atoms with Crippen LogP contribution in [-0.2, 0) is 4.74 Å². The first kappa shape index (κ1) is 15.9. The zero-order chi connectivity index (χ0) is 14.4. The van der Waals surface area contributed by atoms with Crippen molar-refractivity contribution in [2.75, 3.05) is 32.6 Å². The fourth-order valence-electron chi connectivity index (χ4n) is 1.45. The molecule has 2 amide bonds. The number of aliphatic hydroxyl groups excluding tert-OH is 1. The normalized spacial score (nSPS) is 12.1. The zero-order valence-electron chi connectivity index (χ0n) is 10.7. The molecule has 0 saturated heterocycles. The Balaban J connectivity index is 2.61. The molecule has 106 valence electrons. The van der Waals surface area contributed by atoms with Gasteiger partial charge in [-0.2, -0.15) is 0 Å². The van der Waals surface area contributed by atoms with Gasteiger partial charge in [0.15, 0.2) is 0 Å². The molecule has 5 nitrogen and oxygen atoms in total. The highest BCUT2D eigenvalue weighted by molar-refractivity contribution is 9.10. The van der Waals surface area contributed by atoms with Gasteiger partial charge in [-0.25, -0.2) is 9.18 Å². The predicted octanol–water partition coefficient (Wildman–Crippen LogP) is 2.06. The largest absolute Gasteiger partial charge is 0.389 e. The van der Waals surface area contributed by atoms with Gasteiger partial charge in [0.1, 0.15) is 5.82 Å². The summed E-state index contributed by atoms with van der Waals surface area (Å²) < 4.78 is 18.9. The molecule has 0 aliphatic rings. The number of carbonyl (C=O) groups excluding carboxylic acids is 1.